The molecule has 0 aliphatic carbocycles. The topological polar surface area (TPSA) is 40.5 Å². The van der Waals surface area contributed by atoms with Crippen LogP contribution in [-0.4, -0.2) is 28.6 Å². The van der Waals surface area contributed by atoms with Crippen molar-refractivity contribution in [2.75, 3.05) is 6.54 Å². The molecule has 1 N–H and O–H groups in total. The first kappa shape index (κ1) is 14.9. The fraction of sp³-hybridized carbons (Fsp3) is 0.533. The Morgan fingerprint density at radius 3 is 2.80 bits per heavy atom. The zero-order chi connectivity index (χ0) is 14.9. The lowest BCUT2D eigenvalue weighted by Crippen LogP contribution is -2.53. The molecule has 110 valence electrons. The Kier molecular flexibility index (Phi) is 4.09. The molecule has 1 atom stereocenters. The van der Waals surface area contributed by atoms with Gasteiger partial charge in [-0.2, -0.15) is 0 Å². The van der Waals surface area contributed by atoms with E-state index in [4.69, 9.17) is 0 Å². The molecule has 1 aromatic rings. The van der Waals surface area contributed by atoms with Crippen molar-refractivity contribution in [3.63, 3.8) is 0 Å². The molecule has 0 amide bonds. The van der Waals surface area contributed by atoms with Gasteiger partial charge in [-0.15, -0.1) is 0 Å². The van der Waals surface area contributed by atoms with E-state index in [9.17, 15) is 18.7 Å². The third-order valence-electron chi connectivity index (χ3n) is 4.01. The Balaban J connectivity index is 2.26. The molecule has 2 rings (SSSR count). The SMILES string of the molecule is CC1(C)CCCN(Cc2cccc(F)c2F)C1C(=O)O. The minimum Gasteiger partial charge on any atom is -0.480 e. The monoisotopic (exact) mass is 283 g/mol. The van der Waals surface area contributed by atoms with Crippen LogP contribution >= 0.6 is 0 Å². The Bertz CT molecular complexity index is 517. The maximum absolute atomic E-state index is 13.7. The zero-order valence-electron chi connectivity index (χ0n) is 11.7. The third kappa shape index (κ3) is 2.82. The van der Waals surface area contributed by atoms with E-state index in [-0.39, 0.29) is 17.5 Å². The summed E-state index contributed by atoms with van der Waals surface area (Å²) in [6.07, 6.45) is 1.67. The van der Waals surface area contributed by atoms with Gasteiger partial charge in [-0.05, 0) is 30.9 Å². The molecule has 0 bridgehead atoms. The van der Waals surface area contributed by atoms with Crippen LogP contribution in [0.5, 0.6) is 0 Å². The number of rotatable bonds is 3. The number of carbonyl (C=O) groups is 1. The van der Waals surface area contributed by atoms with Crippen molar-refractivity contribution in [2.24, 2.45) is 5.41 Å². The number of carboxylic acids is 1. The molecule has 0 saturated carbocycles. The van der Waals surface area contributed by atoms with E-state index < -0.39 is 23.6 Å². The van der Waals surface area contributed by atoms with Gasteiger partial charge in [-0.25, -0.2) is 8.78 Å². The Morgan fingerprint density at radius 1 is 1.45 bits per heavy atom. The van der Waals surface area contributed by atoms with E-state index in [2.05, 4.69) is 0 Å². The normalized spacial score (nSPS) is 22.7. The van der Waals surface area contributed by atoms with E-state index in [0.717, 1.165) is 18.9 Å². The van der Waals surface area contributed by atoms with Gasteiger partial charge in [0.1, 0.15) is 6.04 Å². The van der Waals surface area contributed by atoms with E-state index in [1.54, 1.807) is 4.90 Å². The second-order valence-electron chi connectivity index (χ2n) is 6.02. The first-order valence-corrected chi connectivity index (χ1v) is 6.72. The molecule has 1 fully saturated rings. The molecule has 0 radical (unpaired) electrons. The predicted octanol–water partition coefficient (Wildman–Crippen LogP) is 3.04. The van der Waals surface area contributed by atoms with Gasteiger partial charge >= 0.3 is 5.97 Å². The Morgan fingerprint density at radius 2 is 2.15 bits per heavy atom. The minimum absolute atomic E-state index is 0.115. The molecule has 1 aromatic carbocycles. The number of likely N-dealkylation sites (tertiary alicyclic amines) is 1. The van der Waals surface area contributed by atoms with E-state index >= 15 is 0 Å². The van der Waals surface area contributed by atoms with Crippen molar-refractivity contribution < 1.29 is 18.7 Å². The van der Waals surface area contributed by atoms with Gasteiger partial charge in [0.2, 0.25) is 0 Å². The lowest BCUT2D eigenvalue weighted by molar-refractivity contribution is -0.151. The van der Waals surface area contributed by atoms with Crippen LogP contribution in [0.4, 0.5) is 8.78 Å². The van der Waals surface area contributed by atoms with Gasteiger partial charge in [0.05, 0.1) is 0 Å². The van der Waals surface area contributed by atoms with Crippen LogP contribution in [0.3, 0.4) is 0 Å². The summed E-state index contributed by atoms with van der Waals surface area (Å²) in [6, 6.07) is 3.32. The van der Waals surface area contributed by atoms with Gasteiger partial charge in [0.15, 0.2) is 11.6 Å². The van der Waals surface area contributed by atoms with Gasteiger partial charge in [-0.3, -0.25) is 9.69 Å². The Labute approximate surface area is 117 Å². The van der Waals surface area contributed by atoms with Crippen LogP contribution in [0.1, 0.15) is 32.3 Å². The molecular weight excluding hydrogens is 264 g/mol. The highest BCUT2D eigenvalue weighted by molar-refractivity contribution is 5.74. The smallest absolute Gasteiger partial charge is 0.321 e. The van der Waals surface area contributed by atoms with E-state index in [1.165, 1.54) is 12.1 Å². The largest absolute Gasteiger partial charge is 0.480 e. The van der Waals surface area contributed by atoms with Crippen molar-refractivity contribution in [1.82, 2.24) is 4.90 Å². The highest BCUT2D eigenvalue weighted by Crippen LogP contribution is 2.36. The summed E-state index contributed by atoms with van der Waals surface area (Å²) in [4.78, 5) is 13.2. The molecule has 5 heteroatoms. The summed E-state index contributed by atoms with van der Waals surface area (Å²) in [5, 5.41) is 9.44. The average Bonchev–Trinajstić information content (AvgIpc) is 2.33. The summed E-state index contributed by atoms with van der Waals surface area (Å²) in [6.45, 7) is 4.50. The molecule has 20 heavy (non-hydrogen) atoms. The van der Waals surface area contributed by atoms with Gasteiger partial charge in [0.25, 0.3) is 0 Å². The molecular formula is C15H19F2NO2. The standard InChI is InChI=1S/C15H19F2NO2/c1-15(2)7-4-8-18(13(15)14(19)20)9-10-5-3-6-11(16)12(10)17/h3,5-6,13H,4,7-9H2,1-2H3,(H,19,20). The number of hydrogen-bond acceptors (Lipinski definition) is 2. The molecule has 0 spiro atoms. The van der Waals surface area contributed by atoms with E-state index in [0.29, 0.717) is 6.54 Å². The van der Waals surface area contributed by atoms with Crippen molar-refractivity contribution in [1.29, 1.82) is 0 Å². The molecule has 1 unspecified atom stereocenters. The number of benzene rings is 1. The number of piperidine rings is 1. The predicted molar refractivity (Wildman–Crippen MR) is 71.2 cm³/mol. The molecule has 1 aliphatic rings. The second-order valence-corrected chi connectivity index (χ2v) is 6.02. The van der Waals surface area contributed by atoms with Crippen LogP contribution in [0.25, 0.3) is 0 Å². The van der Waals surface area contributed by atoms with E-state index in [1.807, 2.05) is 13.8 Å². The van der Waals surface area contributed by atoms with Crippen molar-refractivity contribution >= 4 is 5.97 Å². The van der Waals surface area contributed by atoms with Crippen LogP contribution in [0.15, 0.2) is 18.2 Å². The van der Waals surface area contributed by atoms with Gasteiger partial charge in [-0.1, -0.05) is 26.0 Å². The first-order valence-electron chi connectivity index (χ1n) is 6.72. The second kappa shape index (κ2) is 5.48. The lowest BCUT2D eigenvalue weighted by atomic mass is 9.76. The summed E-state index contributed by atoms with van der Waals surface area (Å²) in [5.74, 6) is -2.70. The van der Waals surface area contributed by atoms with Crippen LogP contribution in [-0.2, 0) is 11.3 Å². The maximum Gasteiger partial charge on any atom is 0.321 e. The summed E-state index contributed by atoms with van der Waals surface area (Å²) in [5.41, 5.74) is -0.178. The number of halogens is 2. The molecule has 0 aromatic heterocycles. The van der Waals surface area contributed by atoms with Crippen molar-refractivity contribution in [3.8, 4) is 0 Å². The number of hydrogen-bond donors (Lipinski definition) is 1. The molecule has 1 saturated heterocycles. The third-order valence-corrected chi connectivity index (χ3v) is 4.01. The Hall–Kier alpha value is -1.49. The van der Waals surface area contributed by atoms with Crippen molar-refractivity contribution in [2.45, 2.75) is 39.3 Å². The summed E-state index contributed by atoms with van der Waals surface area (Å²) >= 11 is 0. The summed E-state index contributed by atoms with van der Waals surface area (Å²) in [7, 11) is 0. The molecule has 3 nitrogen and oxygen atoms in total. The van der Waals surface area contributed by atoms with Crippen LogP contribution in [0, 0.1) is 17.0 Å². The minimum atomic E-state index is -0.911. The van der Waals surface area contributed by atoms with Gasteiger partial charge in [0, 0.05) is 12.1 Å². The van der Waals surface area contributed by atoms with Crippen LogP contribution < -0.4 is 0 Å². The lowest BCUT2D eigenvalue weighted by Gasteiger charge is -2.44. The number of carboxylic acid groups (broad SMARTS) is 1. The number of nitrogens with zero attached hydrogens (tertiary/aromatic N) is 1. The average molecular weight is 283 g/mol. The fourth-order valence-electron chi connectivity index (χ4n) is 3.05. The zero-order valence-corrected chi connectivity index (χ0v) is 11.7. The summed E-state index contributed by atoms with van der Waals surface area (Å²) < 4.78 is 27.0. The highest BCUT2D eigenvalue weighted by atomic mass is 19.2. The van der Waals surface area contributed by atoms with Crippen LogP contribution in [0.2, 0.25) is 0 Å². The fourth-order valence-corrected chi connectivity index (χ4v) is 3.05. The molecule has 1 heterocycles. The number of aliphatic carboxylic acids is 1. The highest BCUT2D eigenvalue weighted by Gasteiger charge is 2.42. The molecule has 1 aliphatic heterocycles. The van der Waals surface area contributed by atoms with Crippen molar-refractivity contribution in [3.05, 3.63) is 35.4 Å². The maximum atomic E-state index is 13.7. The quantitative estimate of drug-likeness (QED) is 0.927. The first-order chi connectivity index (χ1) is 9.33. The van der Waals surface area contributed by atoms with Gasteiger partial charge < -0.3 is 5.11 Å².